The van der Waals surface area contributed by atoms with Crippen molar-refractivity contribution in [2.24, 2.45) is 0 Å². The van der Waals surface area contributed by atoms with E-state index >= 15 is 0 Å². The SMILES string of the molecule is CC/C=C\CCCCc1ccc(-c2nc3cc(F)cc4c3n2CCNC4=O)cc1. The molecule has 150 valence electrons. The molecule has 0 saturated heterocycles. The number of benzene rings is 2. The minimum atomic E-state index is -0.440. The fraction of sp³-hybridized carbons (Fsp3) is 0.333. The molecule has 0 atom stereocenters. The molecule has 1 aliphatic rings. The lowest BCUT2D eigenvalue weighted by Crippen LogP contribution is -2.24. The summed E-state index contributed by atoms with van der Waals surface area (Å²) in [5.41, 5.74) is 3.88. The highest BCUT2D eigenvalue weighted by Gasteiger charge is 2.23. The van der Waals surface area contributed by atoms with Gasteiger partial charge in [0.05, 0.1) is 16.6 Å². The van der Waals surface area contributed by atoms with Crippen LogP contribution in [0.15, 0.2) is 48.6 Å². The van der Waals surface area contributed by atoms with E-state index in [0.29, 0.717) is 29.7 Å². The molecule has 0 radical (unpaired) electrons. The number of halogens is 1. The molecule has 0 bridgehead atoms. The van der Waals surface area contributed by atoms with Crippen LogP contribution in [0.25, 0.3) is 22.4 Å². The molecule has 1 amide bonds. The van der Waals surface area contributed by atoms with Gasteiger partial charge in [0.25, 0.3) is 5.91 Å². The quantitative estimate of drug-likeness (QED) is 0.441. The molecule has 4 nitrogen and oxygen atoms in total. The molecule has 29 heavy (non-hydrogen) atoms. The zero-order valence-corrected chi connectivity index (χ0v) is 16.7. The Balaban J connectivity index is 1.57. The highest BCUT2D eigenvalue weighted by Crippen LogP contribution is 2.29. The molecule has 1 aromatic heterocycles. The Morgan fingerprint density at radius 1 is 1.17 bits per heavy atom. The normalized spacial score (nSPS) is 13.8. The van der Waals surface area contributed by atoms with E-state index in [1.807, 2.05) is 4.57 Å². The van der Waals surface area contributed by atoms with Crippen molar-refractivity contribution in [3.05, 3.63) is 65.5 Å². The van der Waals surface area contributed by atoms with E-state index < -0.39 is 5.82 Å². The monoisotopic (exact) mass is 391 g/mol. The molecule has 2 heterocycles. The maximum Gasteiger partial charge on any atom is 0.253 e. The van der Waals surface area contributed by atoms with Gasteiger partial charge in [0.15, 0.2) is 0 Å². The Kier molecular flexibility index (Phi) is 5.74. The van der Waals surface area contributed by atoms with Gasteiger partial charge < -0.3 is 9.88 Å². The van der Waals surface area contributed by atoms with E-state index in [9.17, 15) is 9.18 Å². The number of hydrogen-bond acceptors (Lipinski definition) is 2. The van der Waals surface area contributed by atoms with Crippen molar-refractivity contribution >= 4 is 16.9 Å². The van der Waals surface area contributed by atoms with Crippen molar-refractivity contribution in [1.82, 2.24) is 14.9 Å². The van der Waals surface area contributed by atoms with E-state index in [0.717, 1.165) is 30.7 Å². The minimum Gasteiger partial charge on any atom is -0.350 e. The molecule has 1 N–H and O–H groups in total. The molecule has 0 unspecified atom stereocenters. The van der Waals surface area contributed by atoms with E-state index in [2.05, 4.69) is 53.6 Å². The Labute approximate surface area is 170 Å². The summed E-state index contributed by atoms with van der Waals surface area (Å²) in [6.45, 7) is 3.27. The van der Waals surface area contributed by atoms with Crippen LogP contribution >= 0.6 is 0 Å². The lowest BCUT2D eigenvalue weighted by atomic mass is 10.0. The number of carbonyl (C=O) groups is 1. The van der Waals surface area contributed by atoms with Crippen molar-refractivity contribution in [2.45, 2.75) is 45.6 Å². The zero-order chi connectivity index (χ0) is 20.2. The summed E-state index contributed by atoms with van der Waals surface area (Å²) < 4.78 is 16.0. The van der Waals surface area contributed by atoms with Gasteiger partial charge in [0.1, 0.15) is 11.6 Å². The first kappa shape index (κ1) is 19.4. The number of carbonyl (C=O) groups excluding carboxylic acids is 1. The van der Waals surface area contributed by atoms with Gasteiger partial charge in [-0.3, -0.25) is 4.79 Å². The smallest absolute Gasteiger partial charge is 0.253 e. The number of imidazole rings is 1. The molecule has 5 heteroatoms. The van der Waals surface area contributed by atoms with Gasteiger partial charge in [0, 0.05) is 24.7 Å². The molecular formula is C24H26FN3O. The van der Waals surface area contributed by atoms with Crippen molar-refractivity contribution in [3.63, 3.8) is 0 Å². The third-order valence-electron chi connectivity index (χ3n) is 5.37. The maximum atomic E-state index is 14.0. The number of nitrogens with zero attached hydrogens (tertiary/aromatic N) is 2. The van der Waals surface area contributed by atoms with Gasteiger partial charge in [-0.25, -0.2) is 9.37 Å². The Hall–Kier alpha value is -2.95. The average molecular weight is 391 g/mol. The molecular weight excluding hydrogens is 365 g/mol. The second-order valence-corrected chi connectivity index (χ2v) is 7.49. The van der Waals surface area contributed by atoms with Crippen LogP contribution in [0.3, 0.4) is 0 Å². The summed E-state index contributed by atoms with van der Waals surface area (Å²) in [5, 5.41) is 2.83. The fourth-order valence-electron chi connectivity index (χ4n) is 3.92. The first-order valence-corrected chi connectivity index (χ1v) is 10.4. The average Bonchev–Trinajstić information content (AvgIpc) is 2.99. The summed E-state index contributed by atoms with van der Waals surface area (Å²) >= 11 is 0. The fourth-order valence-corrected chi connectivity index (χ4v) is 3.92. The molecule has 0 aliphatic carbocycles. The summed E-state index contributed by atoms with van der Waals surface area (Å²) in [6, 6.07) is 11.1. The van der Waals surface area contributed by atoms with Gasteiger partial charge in [-0.1, -0.05) is 43.3 Å². The van der Waals surface area contributed by atoms with Crippen LogP contribution < -0.4 is 5.32 Å². The van der Waals surface area contributed by atoms with Crippen LogP contribution in [0.4, 0.5) is 4.39 Å². The second-order valence-electron chi connectivity index (χ2n) is 7.49. The van der Waals surface area contributed by atoms with Crippen molar-refractivity contribution in [3.8, 4) is 11.4 Å². The lowest BCUT2D eigenvalue weighted by Gasteiger charge is -2.08. The predicted molar refractivity (Wildman–Crippen MR) is 114 cm³/mol. The number of unbranched alkanes of at least 4 members (excludes halogenated alkanes) is 2. The predicted octanol–water partition coefficient (Wildman–Crippen LogP) is 5.26. The Morgan fingerprint density at radius 3 is 2.79 bits per heavy atom. The number of aromatic nitrogens is 2. The van der Waals surface area contributed by atoms with Gasteiger partial charge in [0.2, 0.25) is 0 Å². The van der Waals surface area contributed by atoms with E-state index in [1.54, 1.807) is 0 Å². The molecule has 0 fully saturated rings. The molecule has 4 rings (SSSR count). The molecule has 0 spiro atoms. The standard InChI is InChI=1S/C24H26FN3O/c1-2-3-4-5-6-7-8-17-9-11-18(12-10-17)23-27-21-16-19(25)15-20-22(21)28(23)14-13-26-24(20)29/h3-4,9-12,15-16H,2,5-8,13-14H2,1H3,(H,26,29)/b4-3-. The summed E-state index contributed by atoms with van der Waals surface area (Å²) in [4.78, 5) is 17.0. The van der Waals surface area contributed by atoms with E-state index in [1.165, 1.54) is 30.5 Å². The van der Waals surface area contributed by atoms with Crippen LogP contribution in [0.2, 0.25) is 0 Å². The number of hydrogen-bond donors (Lipinski definition) is 1. The number of rotatable bonds is 7. The Morgan fingerprint density at radius 2 is 2.00 bits per heavy atom. The van der Waals surface area contributed by atoms with Gasteiger partial charge in [-0.05, 0) is 43.7 Å². The van der Waals surface area contributed by atoms with E-state index in [-0.39, 0.29) is 5.91 Å². The topological polar surface area (TPSA) is 46.9 Å². The molecule has 0 saturated carbocycles. The number of aryl methyl sites for hydroxylation is 1. The van der Waals surface area contributed by atoms with Crippen molar-refractivity contribution in [2.75, 3.05) is 6.54 Å². The zero-order valence-electron chi connectivity index (χ0n) is 16.7. The number of nitrogens with one attached hydrogen (secondary N) is 1. The lowest BCUT2D eigenvalue weighted by molar-refractivity contribution is 0.0956. The highest BCUT2D eigenvalue weighted by atomic mass is 19.1. The molecule has 1 aliphatic heterocycles. The van der Waals surface area contributed by atoms with Crippen LogP contribution in [-0.2, 0) is 13.0 Å². The second kappa shape index (κ2) is 8.60. The maximum absolute atomic E-state index is 14.0. The third-order valence-corrected chi connectivity index (χ3v) is 5.37. The first-order valence-electron chi connectivity index (χ1n) is 10.4. The van der Waals surface area contributed by atoms with Gasteiger partial charge in [-0.2, -0.15) is 0 Å². The van der Waals surface area contributed by atoms with Crippen molar-refractivity contribution in [1.29, 1.82) is 0 Å². The number of amides is 1. The third kappa shape index (κ3) is 4.09. The molecule has 2 aromatic carbocycles. The number of allylic oxidation sites excluding steroid dienone is 2. The summed E-state index contributed by atoms with van der Waals surface area (Å²) in [5.74, 6) is 0.0910. The molecule has 3 aromatic rings. The van der Waals surface area contributed by atoms with Crippen LogP contribution in [0.5, 0.6) is 0 Å². The summed E-state index contributed by atoms with van der Waals surface area (Å²) in [7, 11) is 0. The Bertz CT molecular complexity index is 1050. The van der Waals surface area contributed by atoms with Gasteiger partial charge >= 0.3 is 0 Å². The van der Waals surface area contributed by atoms with Crippen LogP contribution in [-0.4, -0.2) is 22.0 Å². The highest BCUT2D eigenvalue weighted by molar-refractivity contribution is 6.06. The summed E-state index contributed by atoms with van der Waals surface area (Å²) in [6.07, 6.45) is 10.2. The minimum absolute atomic E-state index is 0.246. The first-order chi connectivity index (χ1) is 14.2. The largest absolute Gasteiger partial charge is 0.350 e. The van der Waals surface area contributed by atoms with Crippen molar-refractivity contribution < 1.29 is 9.18 Å². The van der Waals surface area contributed by atoms with Gasteiger partial charge in [-0.15, -0.1) is 0 Å². The van der Waals surface area contributed by atoms with E-state index in [4.69, 9.17) is 0 Å². The van der Waals surface area contributed by atoms with Crippen LogP contribution in [0, 0.1) is 5.82 Å². The van der Waals surface area contributed by atoms with Crippen LogP contribution in [0.1, 0.15) is 48.5 Å².